The van der Waals surface area contributed by atoms with Crippen LogP contribution in [0.2, 0.25) is 5.02 Å². The van der Waals surface area contributed by atoms with Gasteiger partial charge < -0.3 is 9.80 Å². The van der Waals surface area contributed by atoms with Gasteiger partial charge in [0.05, 0.1) is 5.02 Å². The summed E-state index contributed by atoms with van der Waals surface area (Å²) in [4.78, 5) is 31.4. The molecule has 2 amide bonds. The number of nitrogens with zero attached hydrogens (tertiary/aromatic N) is 3. The van der Waals surface area contributed by atoms with Crippen LogP contribution in [0.3, 0.4) is 0 Å². The van der Waals surface area contributed by atoms with E-state index in [1.807, 2.05) is 6.92 Å². The Morgan fingerprint density at radius 1 is 1.45 bits per heavy atom. The largest absolute Gasteiger partial charge is 0.333 e. The van der Waals surface area contributed by atoms with E-state index in [1.165, 1.54) is 12.3 Å². The molecule has 0 spiro atoms. The van der Waals surface area contributed by atoms with Gasteiger partial charge in [0.2, 0.25) is 5.91 Å². The van der Waals surface area contributed by atoms with Crippen molar-refractivity contribution in [1.29, 1.82) is 0 Å². The number of pyridine rings is 1. The van der Waals surface area contributed by atoms with E-state index in [1.54, 1.807) is 21.9 Å². The van der Waals surface area contributed by atoms with Crippen molar-refractivity contribution < 1.29 is 9.59 Å². The van der Waals surface area contributed by atoms with Crippen molar-refractivity contribution in [2.45, 2.75) is 13.0 Å². The van der Waals surface area contributed by atoms with Crippen LogP contribution in [0.5, 0.6) is 0 Å². The molecular weight excluding hydrogens is 278 g/mol. The Labute approximate surface area is 122 Å². The van der Waals surface area contributed by atoms with Crippen LogP contribution in [0.4, 0.5) is 0 Å². The van der Waals surface area contributed by atoms with E-state index in [0.717, 1.165) is 0 Å². The summed E-state index contributed by atoms with van der Waals surface area (Å²) in [6.45, 7) is 6.89. The van der Waals surface area contributed by atoms with Gasteiger partial charge in [-0.25, -0.2) is 4.98 Å². The standard InChI is InChI=1S/C14H16ClN3O2/c1-3-13(19)18-7-6-17(9-10(18)2)14(20)12-5-4-11(15)8-16-12/h3-5,8,10H,1,6-7,9H2,2H3/t10-/m1/s1. The fraction of sp³-hybridized carbons (Fsp3) is 0.357. The number of aromatic nitrogens is 1. The molecule has 1 aromatic rings. The highest BCUT2D eigenvalue weighted by molar-refractivity contribution is 6.30. The van der Waals surface area contributed by atoms with E-state index in [9.17, 15) is 9.59 Å². The fourth-order valence-corrected chi connectivity index (χ4v) is 2.36. The van der Waals surface area contributed by atoms with E-state index >= 15 is 0 Å². The van der Waals surface area contributed by atoms with Gasteiger partial charge in [0, 0.05) is 31.9 Å². The minimum atomic E-state index is -0.140. The van der Waals surface area contributed by atoms with Gasteiger partial charge in [-0.05, 0) is 25.1 Å². The third-order valence-electron chi connectivity index (χ3n) is 3.32. The maximum Gasteiger partial charge on any atom is 0.272 e. The normalized spacial score (nSPS) is 18.8. The maximum atomic E-state index is 12.3. The minimum Gasteiger partial charge on any atom is -0.333 e. The van der Waals surface area contributed by atoms with Crippen molar-refractivity contribution >= 4 is 23.4 Å². The highest BCUT2D eigenvalue weighted by Crippen LogP contribution is 2.14. The smallest absolute Gasteiger partial charge is 0.272 e. The highest BCUT2D eigenvalue weighted by atomic mass is 35.5. The molecule has 1 atom stereocenters. The molecule has 2 rings (SSSR count). The number of halogens is 1. The van der Waals surface area contributed by atoms with Crippen LogP contribution < -0.4 is 0 Å². The Hall–Kier alpha value is -1.88. The molecule has 0 N–H and O–H groups in total. The monoisotopic (exact) mass is 293 g/mol. The average molecular weight is 294 g/mol. The summed E-state index contributed by atoms with van der Waals surface area (Å²) >= 11 is 5.75. The molecule has 0 radical (unpaired) electrons. The lowest BCUT2D eigenvalue weighted by atomic mass is 10.1. The van der Waals surface area contributed by atoms with E-state index in [0.29, 0.717) is 30.4 Å². The summed E-state index contributed by atoms with van der Waals surface area (Å²) in [5.41, 5.74) is 0.366. The number of rotatable bonds is 2. The van der Waals surface area contributed by atoms with Crippen molar-refractivity contribution in [1.82, 2.24) is 14.8 Å². The fourth-order valence-electron chi connectivity index (χ4n) is 2.25. The van der Waals surface area contributed by atoms with Gasteiger partial charge in [0.25, 0.3) is 5.91 Å². The topological polar surface area (TPSA) is 53.5 Å². The molecule has 0 aromatic carbocycles. The zero-order chi connectivity index (χ0) is 14.7. The lowest BCUT2D eigenvalue weighted by molar-refractivity contribution is -0.129. The zero-order valence-electron chi connectivity index (χ0n) is 11.3. The summed E-state index contributed by atoms with van der Waals surface area (Å²) in [5, 5.41) is 0.497. The number of carbonyl (C=O) groups is 2. The summed E-state index contributed by atoms with van der Waals surface area (Å²) < 4.78 is 0. The van der Waals surface area contributed by atoms with Gasteiger partial charge in [0.15, 0.2) is 0 Å². The zero-order valence-corrected chi connectivity index (χ0v) is 12.0. The molecule has 20 heavy (non-hydrogen) atoms. The Morgan fingerprint density at radius 2 is 2.20 bits per heavy atom. The van der Waals surface area contributed by atoms with Crippen LogP contribution >= 0.6 is 11.6 Å². The first kappa shape index (κ1) is 14.5. The van der Waals surface area contributed by atoms with Crippen LogP contribution in [0, 0.1) is 0 Å². The van der Waals surface area contributed by atoms with Gasteiger partial charge in [-0.2, -0.15) is 0 Å². The quantitative estimate of drug-likeness (QED) is 0.778. The maximum absolute atomic E-state index is 12.3. The van der Waals surface area contributed by atoms with Crippen molar-refractivity contribution in [3.8, 4) is 0 Å². The summed E-state index contributed by atoms with van der Waals surface area (Å²) in [7, 11) is 0. The second kappa shape index (κ2) is 6.05. The van der Waals surface area contributed by atoms with Gasteiger partial charge in [-0.1, -0.05) is 18.2 Å². The van der Waals surface area contributed by atoms with Gasteiger partial charge >= 0.3 is 0 Å². The molecule has 0 aliphatic carbocycles. The molecule has 1 aliphatic heterocycles. The summed E-state index contributed by atoms with van der Waals surface area (Å²) in [5.74, 6) is -0.242. The molecule has 0 saturated carbocycles. The molecule has 0 unspecified atom stereocenters. The number of carbonyl (C=O) groups excluding carboxylic acids is 2. The first-order valence-electron chi connectivity index (χ1n) is 6.37. The van der Waals surface area contributed by atoms with Crippen molar-refractivity contribution in [3.05, 3.63) is 41.7 Å². The van der Waals surface area contributed by atoms with Gasteiger partial charge in [-0.15, -0.1) is 0 Å². The molecule has 1 aliphatic rings. The molecule has 2 heterocycles. The second-order valence-corrected chi connectivity index (χ2v) is 5.13. The van der Waals surface area contributed by atoms with Crippen molar-refractivity contribution in [3.63, 3.8) is 0 Å². The lowest BCUT2D eigenvalue weighted by Gasteiger charge is -2.39. The Kier molecular flexibility index (Phi) is 4.39. The van der Waals surface area contributed by atoms with Crippen LogP contribution in [0.1, 0.15) is 17.4 Å². The van der Waals surface area contributed by atoms with Crippen LogP contribution in [-0.4, -0.2) is 52.3 Å². The van der Waals surface area contributed by atoms with Crippen LogP contribution in [0.25, 0.3) is 0 Å². The molecule has 0 bridgehead atoms. The Balaban J connectivity index is 2.05. The Morgan fingerprint density at radius 3 is 2.75 bits per heavy atom. The first-order chi connectivity index (χ1) is 9.52. The third-order valence-corrected chi connectivity index (χ3v) is 3.54. The molecule has 1 aromatic heterocycles. The van der Waals surface area contributed by atoms with Crippen LogP contribution in [-0.2, 0) is 4.79 Å². The number of hydrogen-bond donors (Lipinski definition) is 0. The lowest BCUT2D eigenvalue weighted by Crippen LogP contribution is -2.55. The molecular formula is C14H16ClN3O2. The molecule has 6 heteroatoms. The third kappa shape index (κ3) is 2.99. The number of amides is 2. The predicted octanol–water partition coefficient (Wildman–Crippen LogP) is 1.59. The second-order valence-electron chi connectivity index (χ2n) is 4.70. The van der Waals surface area contributed by atoms with Crippen LogP contribution in [0.15, 0.2) is 31.0 Å². The van der Waals surface area contributed by atoms with Gasteiger partial charge in [-0.3, -0.25) is 9.59 Å². The Bertz CT molecular complexity index is 530. The molecule has 1 fully saturated rings. The highest BCUT2D eigenvalue weighted by Gasteiger charge is 2.29. The number of piperazine rings is 1. The van der Waals surface area contributed by atoms with E-state index in [-0.39, 0.29) is 17.9 Å². The van der Waals surface area contributed by atoms with E-state index in [2.05, 4.69) is 11.6 Å². The average Bonchev–Trinajstić information content (AvgIpc) is 2.46. The number of hydrogen-bond acceptors (Lipinski definition) is 3. The SMILES string of the molecule is C=CC(=O)N1CCN(C(=O)c2ccc(Cl)cn2)C[C@H]1C. The van der Waals surface area contributed by atoms with E-state index in [4.69, 9.17) is 11.6 Å². The molecule has 106 valence electrons. The van der Waals surface area contributed by atoms with E-state index < -0.39 is 0 Å². The minimum absolute atomic E-state index is 0.0366. The predicted molar refractivity (Wildman–Crippen MR) is 76.5 cm³/mol. The molecule has 1 saturated heterocycles. The molecule has 5 nitrogen and oxygen atoms in total. The van der Waals surface area contributed by atoms with Crippen molar-refractivity contribution in [2.24, 2.45) is 0 Å². The summed E-state index contributed by atoms with van der Waals surface area (Å²) in [6.07, 6.45) is 2.75. The first-order valence-corrected chi connectivity index (χ1v) is 6.74. The van der Waals surface area contributed by atoms with Gasteiger partial charge in [0.1, 0.15) is 5.69 Å². The summed E-state index contributed by atoms with van der Waals surface area (Å²) in [6, 6.07) is 3.21. The van der Waals surface area contributed by atoms with Crippen molar-refractivity contribution in [2.75, 3.05) is 19.6 Å².